The van der Waals surface area contributed by atoms with Gasteiger partial charge in [-0.05, 0) is 19.3 Å². The second kappa shape index (κ2) is 4.95. The van der Waals surface area contributed by atoms with Crippen molar-refractivity contribution in [3.8, 4) is 0 Å². The topological polar surface area (TPSA) is 44.5 Å². The van der Waals surface area contributed by atoms with Crippen LogP contribution in [-0.2, 0) is 9.47 Å². The maximum absolute atomic E-state index is 11.5. The lowest BCUT2D eigenvalue weighted by molar-refractivity contribution is -0.327. The van der Waals surface area contributed by atoms with Gasteiger partial charge >= 0.3 is 6.36 Å². The van der Waals surface area contributed by atoms with Crippen LogP contribution in [0.3, 0.4) is 0 Å². The van der Waals surface area contributed by atoms with E-state index in [4.69, 9.17) is 10.5 Å². The lowest BCUT2D eigenvalue weighted by atomic mass is 10.3. The van der Waals surface area contributed by atoms with Gasteiger partial charge in [-0.3, -0.25) is 4.74 Å². The van der Waals surface area contributed by atoms with Crippen molar-refractivity contribution < 1.29 is 22.6 Å². The largest absolute Gasteiger partial charge is 0.522 e. The number of halogens is 3. The van der Waals surface area contributed by atoms with Crippen molar-refractivity contribution in [2.45, 2.75) is 37.8 Å². The normalized spacial score (nSPS) is 28.3. The third kappa shape index (κ3) is 4.78. The Kier molecular flexibility index (Phi) is 4.15. The van der Waals surface area contributed by atoms with Crippen LogP contribution in [0.1, 0.15) is 19.3 Å². The monoisotopic (exact) mass is 213 g/mol. The van der Waals surface area contributed by atoms with Gasteiger partial charge in [0.2, 0.25) is 0 Å². The quantitative estimate of drug-likeness (QED) is 0.718. The van der Waals surface area contributed by atoms with E-state index in [-0.39, 0.29) is 18.8 Å². The van der Waals surface area contributed by atoms with Crippen molar-refractivity contribution in [2.75, 3.05) is 13.2 Å². The molecule has 3 nitrogen and oxygen atoms in total. The second-order valence-corrected chi connectivity index (χ2v) is 3.36. The summed E-state index contributed by atoms with van der Waals surface area (Å²) in [7, 11) is 0. The highest BCUT2D eigenvalue weighted by Crippen LogP contribution is 2.20. The molecule has 0 aliphatic heterocycles. The van der Waals surface area contributed by atoms with Gasteiger partial charge in [-0.15, -0.1) is 13.2 Å². The van der Waals surface area contributed by atoms with Crippen LogP contribution in [0.4, 0.5) is 13.2 Å². The van der Waals surface area contributed by atoms with Crippen LogP contribution < -0.4 is 5.73 Å². The molecule has 1 fully saturated rings. The third-order valence-electron chi connectivity index (χ3n) is 2.13. The zero-order chi connectivity index (χ0) is 10.6. The van der Waals surface area contributed by atoms with Gasteiger partial charge in [-0.1, -0.05) is 0 Å². The molecule has 2 atom stereocenters. The van der Waals surface area contributed by atoms with E-state index in [1.165, 1.54) is 0 Å². The Labute approximate surface area is 80.4 Å². The molecule has 2 unspecified atom stereocenters. The maximum Gasteiger partial charge on any atom is 0.522 e. The van der Waals surface area contributed by atoms with Gasteiger partial charge < -0.3 is 10.5 Å². The zero-order valence-electron chi connectivity index (χ0n) is 7.72. The Morgan fingerprint density at radius 3 is 2.43 bits per heavy atom. The third-order valence-corrected chi connectivity index (χ3v) is 2.13. The van der Waals surface area contributed by atoms with E-state index in [0.717, 1.165) is 19.3 Å². The smallest absolute Gasteiger partial charge is 0.376 e. The highest BCUT2D eigenvalue weighted by Gasteiger charge is 2.29. The van der Waals surface area contributed by atoms with Crippen LogP contribution in [-0.4, -0.2) is 31.7 Å². The first-order valence-electron chi connectivity index (χ1n) is 4.55. The van der Waals surface area contributed by atoms with Crippen LogP contribution in [0, 0.1) is 0 Å². The van der Waals surface area contributed by atoms with E-state index in [1.807, 2.05) is 0 Å². The van der Waals surface area contributed by atoms with Crippen LogP contribution >= 0.6 is 0 Å². The lowest BCUT2D eigenvalue weighted by Gasteiger charge is -2.12. The molecule has 0 bridgehead atoms. The number of alkyl halides is 3. The summed E-state index contributed by atoms with van der Waals surface area (Å²) in [6, 6.07) is 0.128. The molecular formula is C8H14F3NO2. The number of hydrogen-bond acceptors (Lipinski definition) is 3. The van der Waals surface area contributed by atoms with Crippen molar-refractivity contribution in [2.24, 2.45) is 5.73 Å². The molecule has 2 N–H and O–H groups in total. The molecule has 1 aliphatic carbocycles. The molecule has 0 aromatic rings. The summed E-state index contributed by atoms with van der Waals surface area (Å²) >= 11 is 0. The fourth-order valence-electron chi connectivity index (χ4n) is 1.50. The average molecular weight is 213 g/mol. The number of ether oxygens (including phenoxy) is 2. The van der Waals surface area contributed by atoms with Crippen molar-refractivity contribution in [1.82, 2.24) is 0 Å². The van der Waals surface area contributed by atoms with Crippen LogP contribution in [0.25, 0.3) is 0 Å². The maximum atomic E-state index is 11.5. The molecule has 0 radical (unpaired) electrons. The molecule has 1 aliphatic rings. The first kappa shape index (κ1) is 11.7. The Hall–Kier alpha value is -0.330. The van der Waals surface area contributed by atoms with Crippen LogP contribution in [0.2, 0.25) is 0 Å². The van der Waals surface area contributed by atoms with Crippen LogP contribution in [0.15, 0.2) is 0 Å². The Balaban J connectivity index is 1.99. The first-order chi connectivity index (χ1) is 6.47. The van der Waals surface area contributed by atoms with E-state index >= 15 is 0 Å². The fourth-order valence-corrected chi connectivity index (χ4v) is 1.50. The predicted octanol–water partition coefficient (Wildman–Crippen LogP) is 1.42. The molecule has 84 valence electrons. The molecule has 1 saturated carbocycles. The van der Waals surface area contributed by atoms with E-state index in [1.54, 1.807) is 0 Å². The molecule has 0 heterocycles. The van der Waals surface area contributed by atoms with Gasteiger partial charge in [0, 0.05) is 6.04 Å². The molecule has 0 amide bonds. The Morgan fingerprint density at radius 1 is 1.21 bits per heavy atom. The molecule has 6 heteroatoms. The Bertz CT molecular complexity index is 174. The minimum Gasteiger partial charge on any atom is -0.376 e. The van der Waals surface area contributed by atoms with Gasteiger partial charge in [0.15, 0.2) is 0 Å². The fraction of sp³-hybridized carbons (Fsp3) is 1.00. The van der Waals surface area contributed by atoms with Gasteiger partial charge in [0.25, 0.3) is 0 Å². The van der Waals surface area contributed by atoms with Crippen LogP contribution in [0.5, 0.6) is 0 Å². The summed E-state index contributed by atoms with van der Waals surface area (Å²) < 4.78 is 43.3. The van der Waals surface area contributed by atoms with Gasteiger partial charge in [0.05, 0.1) is 19.3 Å². The highest BCUT2D eigenvalue weighted by atomic mass is 19.4. The molecule has 1 rings (SSSR count). The predicted molar refractivity (Wildman–Crippen MR) is 43.6 cm³/mol. The summed E-state index contributed by atoms with van der Waals surface area (Å²) in [4.78, 5) is 0. The SMILES string of the molecule is NC1CCC(OCCOC(F)(F)F)C1. The molecule has 0 saturated heterocycles. The summed E-state index contributed by atoms with van der Waals surface area (Å²) in [6.45, 7) is -0.480. The van der Waals surface area contributed by atoms with E-state index in [2.05, 4.69) is 4.74 Å². The average Bonchev–Trinajstić information content (AvgIpc) is 2.44. The minimum absolute atomic E-state index is 0.00170. The molecule has 0 spiro atoms. The standard InChI is InChI=1S/C8H14F3NO2/c9-8(10,11)14-4-3-13-7-2-1-6(12)5-7/h6-7H,1-5,12H2. The van der Waals surface area contributed by atoms with Crippen molar-refractivity contribution in [3.63, 3.8) is 0 Å². The minimum atomic E-state index is -4.56. The molecule has 0 aromatic heterocycles. The number of nitrogens with two attached hydrogens (primary N) is 1. The highest BCUT2D eigenvalue weighted by molar-refractivity contribution is 4.77. The van der Waals surface area contributed by atoms with Gasteiger partial charge in [-0.2, -0.15) is 0 Å². The van der Waals surface area contributed by atoms with Crippen molar-refractivity contribution >= 4 is 0 Å². The van der Waals surface area contributed by atoms with Crippen molar-refractivity contribution in [1.29, 1.82) is 0 Å². The van der Waals surface area contributed by atoms with E-state index in [0.29, 0.717) is 0 Å². The summed E-state index contributed by atoms with van der Waals surface area (Å²) in [5.74, 6) is 0. The summed E-state index contributed by atoms with van der Waals surface area (Å²) in [6.07, 6.45) is -2.12. The lowest BCUT2D eigenvalue weighted by Crippen LogP contribution is -2.21. The second-order valence-electron chi connectivity index (χ2n) is 3.36. The Morgan fingerprint density at radius 2 is 1.93 bits per heavy atom. The molecule has 14 heavy (non-hydrogen) atoms. The molecular weight excluding hydrogens is 199 g/mol. The summed E-state index contributed by atoms with van der Waals surface area (Å²) in [5.41, 5.74) is 5.61. The van der Waals surface area contributed by atoms with Crippen molar-refractivity contribution in [3.05, 3.63) is 0 Å². The number of rotatable bonds is 4. The summed E-state index contributed by atoms with van der Waals surface area (Å²) in [5, 5.41) is 0. The number of hydrogen-bond donors (Lipinski definition) is 1. The zero-order valence-corrected chi connectivity index (χ0v) is 7.72. The van der Waals surface area contributed by atoms with Gasteiger partial charge in [0.1, 0.15) is 0 Å². The first-order valence-corrected chi connectivity index (χ1v) is 4.55. The molecule has 0 aromatic carbocycles. The van der Waals surface area contributed by atoms with E-state index in [9.17, 15) is 13.2 Å². The van der Waals surface area contributed by atoms with Gasteiger partial charge in [-0.25, -0.2) is 0 Å². The van der Waals surface area contributed by atoms with E-state index < -0.39 is 13.0 Å².